The van der Waals surface area contributed by atoms with Gasteiger partial charge in [0.25, 0.3) is 0 Å². The molecule has 0 aliphatic rings. The quantitative estimate of drug-likeness (QED) is 0.704. The third-order valence-corrected chi connectivity index (χ3v) is 2.07. The van der Waals surface area contributed by atoms with Gasteiger partial charge < -0.3 is 4.98 Å². The Balaban J connectivity index is 2.53. The number of H-pyrrole nitrogens is 1. The summed E-state index contributed by atoms with van der Waals surface area (Å²) in [7, 11) is 0. The topological polar surface area (TPSA) is 28.7 Å². The Morgan fingerprint density at radius 2 is 2.08 bits per heavy atom. The first-order chi connectivity index (χ1) is 6.27. The summed E-state index contributed by atoms with van der Waals surface area (Å²) in [5, 5.41) is 0. The van der Waals surface area contributed by atoms with Crippen LogP contribution in [-0.4, -0.2) is 9.97 Å². The Hall–Kier alpha value is -1.57. The fourth-order valence-electron chi connectivity index (χ4n) is 1.51. The van der Waals surface area contributed by atoms with Crippen LogP contribution in [0.25, 0.3) is 11.4 Å². The molecule has 2 aromatic rings. The van der Waals surface area contributed by atoms with Gasteiger partial charge in [-0.15, -0.1) is 0 Å². The van der Waals surface area contributed by atoms with Crippen molar-refractivity contribution in [1.82, 2.24) is 9.97 Å². The normalized spacial score (nSPS) is 10.3. The van der Waals surface area contributed by atoms with Gasteiger partial charge in [-0.25, -0.2) is 0 Å². The van der Waals surface area contributed by atoms with Crippen LogP contribution in [0.4, 0.5) is 0 Å². The Labute approximate surface area is 77.6 Å². The average molecular weight is 172 g/mol. The molecular formula is C11H12N2. The van der Waals surface area contributed by atoms with Gasteiger partial charge in [0.1, 0.15) is 0 Å². The zero-order valence-electron chi connectivity index (χ0n) is 7.83. The number of pyridine rings is 1. The van der Waals surface area contributed by atoms with Crippen molar-refractivity contribution in [3.8, 4) is 11.4 Å². The molecule has 0 aromatic carbocycles. The number of nitrogens with one attached hydrogen (secondary N) is 1. The van der Waals surface area contributed by atoms with Crippen LogP contribution < -0.4 is 0 Å². The zero-order valence-corrected chi connectivity index (χ0v) is 7.83. The Morgan fingerprint density at radius 3 is 2.62 bits per heavy atom. The Kier molecular flexibility index (Phi) is 1.89. The largest absolute Gasteiger partial charge is 0.357 e. The molecule has 2 heteroatoms. The predicted octanol–water partition coefficient (Wildman–Crippen LogP) is 2.69. The maximum atomic E-state index is 4.29. The second-order valence-corrected chi connectivity index (χ2v) is 3.23. The van der Waals surface area contributed by atoms with E-state index in [4.69, 9.17) is 0 Å². The first-order valence-electron chi connectivity index (χ1n) is 4.35. The minimum absolute atomic E-state index is 1.01. The molecule has 2 nitrogen and oxygen atoms in total. The maximum Gasteiger partial charge on any atom is 0.0867 e. The van der Waals surface area contributed by atoms with Crippen molar-refractivity contribution in [3.63, 3.8) is 0 Å². The smallest absolute Gasteiger partial charge is 0.0867 e. The molecule has 0 unspecified atom stereocenters. The lowest BCUT2D eigenvalue weighted by Crippen LogP contribution is -1.83. The molecule has 2 aromatic heterocycles. The Morgan fingerprint density at radius 1 is 1.23 bits per heavy atom. The molecule has 0 amide bonds. The minimum Gasteiger partial charge on any atom is -0.357 e. The van der Waals surface area contributed by atoms with Gasteiger partial charge in [0.2, 0.25) is 0 Å². The van der Waals surface area contributed by atoms with E-state index in [0.717, 1.165) is 11.4 Å². The molecule has 13 heavy (non-hydrogen) atoms. The number of nitrogens with zero attached hydrogens (tertiary/aromatic N) is 1. The predicted molar refractivity (Wildman–Crippen MR) is 53.5 cm³/mol. The molecule has 0 aliphatic carbocycles. The van der Waals surface area contributed by atoms with Crippen molar-refractivity contribution in [2.75, 3.05) is 0 Å². The van der Waals surface area contributed by atoms with E-state index >= 15 is 0 Å². The fourth-order valence-corrected chi connectivity index (χ4v) is 1.51. The van der Waals surface area contributed by atoms with Gasteiger partial charge in [-0.2, -0.15) is 0 Å². The molecule has 0 aliphatic heterocycles. The number of rotatable bonds is 1. The van der Waals surface area contributed by atoms with E-state index in [9.17, 15) is 0 Å². The van der Waals surface area contributed by atoms with E-state index in [1.54, 1.807) is 0 Å². The van der Waals surface area contributed by atoms with Crippen molar-refractivity contribution in [2.45, 2.75) is 13.8 Å². The third-order valence-electron chi connectivity index (χ3n) is 2.07. The fraction of sp³-hybridized carbons (Fsp3) is 0.182. The van der Waals surface area contributed by atoms with Crippen LogP contribution in [0.3, 0.4) is 0 Å². The summed E-state index contributed by atoms with van der Waals surface area (Å²) < 4.78 is 0. The molecule has 0 atom stereocenters. The second kappa shape index (κ2) is 3.05. The van der Waals surface area contributed by atoms with E-state index in [-0.39, 0.29) is 0 Å². The van der Waals surface area contributed by atoms with Gasteiger partial charge in [0.05, 0.1) is 11.4 Å². The number of aryl methyl sites for hydroxylation is 2. The molecule has 66 valence electrons. The monoisotopic (exact) mass is 172 g/mol. The summed E-state index contributed by atoms with van der Waals surface area (Å²) in [4.78, 5) is 7.59. The number of hydrogen-bond acceptors (Lipinski definition) is 1. The van der Waals surface area contributed by atoms with Crippen LogP contribution in [0.1, 0.15) is 11.3 Å². The van der Waals surface area contributed by atoms with Crippen molar-refractivity contribution >= 4 is 0 Å². The Bertz CT molecular complexity index is 401. The van der Waals surface area contributed by atoms with Crippen LogP contribution in [0.2, 0.25) is 0 Å². The molecule has 2 heterocycles. The van der Waals surface area contributed by atoms with Crippen LogP contribution in [-0.2, 0) is 0 Å². The van der Waals surface area contributed by atoms with Crippen LogP contribution >= 0.6 is 0 Å². The van der Waals surface area contributed by atoms with Gasteiger partial charge in [-0.3, -0.25) is 4.98 Å². The molecule has 0 saturated heterocycles. The van der Waals surface area contributed by atoms with Gasteiger partial charge in [0.15, 0.2) is 0 Å². The van der Waals surface area contributed by atoms with E-state index in [1.807, 2.05) is 24.4 Å². The van der Waals surface area contributed by atoms with Gasteiger partial charge in [0, 0.05) is 11.9 Å². The van der Waals surface area contributed by atoms with Crippen molar-refractivity contribution in [1.29, 1.82) is 0 Å². The first-order valence-corrected chi connectivity index (χ1v) is 4.35. The minimum atomic E-state index is 1.01. The molecule has 0 fully saturated rings. The summed E-state index contributed by atoms with van der Waals surface area (Å²) in [6.07, 6.45) is 1.81. The highest BCUT2D eigenvalue weighted by Crippen LogP contribution is 2.20. The lowest BCUT2D eigenvalue weighted by atomic mass is 10.2. The van der Waals surface area contributed by atoms with Crippen molar-refractivity contribution < 1.29 is 0 Å². The molecule has 0 bridgehead atoms. The zero-order chi connectivity index (χ0) is 9.26. The lowest BCUT2D eigenvalue weighted by Gasteiger charge is -1.97. The SMILES string of the molecule is Cc1cc(C)c(-c2ccccn2)[nH]1. The van der Waals surface area contributed by atoms with Gasteiger partial charge in [-0.1, -0.05) is 6.07 Å². The van der Waals surface area contributed by atoms with Gasteiger partial charge >= 0.3 is 0 Å². The molecule has 2 rings (SSSR count). The van der Waals surface area contributed by atoms with E-state index < -0.39 is 0 Å². The summed E-state index contributed by atoms with van der Waals surface area (Å²) in [6, 6.07) is 8.06. The summed E-state index contributed by atoms with van der Waals surface area (Å²) in [6.45, 7) is 4.15. The lowest BCUT2D eigenvalue weighted by molar-refractivity contribution is 1.22. The number of hydrogen-bond donors (Lipinski definition) is 1. The molecule has 0 saturated carbocycles. The molecule has 1 N–H and O–H groups in total. The summed E-state index contributed by atoms with van der Waals surface area (Å²) in [5.74, 6) is 0. The highest BCUT2D eigenvalue weighted by molar-refractivity contribution is 5.59. The van der Waals surface area contributed by atoms with Crippen molar-refractivity contribution in [2.24, 2.45) is 0 Å². The van der Waals surface area contributed by atoms with Gasteiger partial charge in [-0.05, 0) is 37.6 Å². The highest BCUT2D eigenvalue weighted by atomic mass is 14.8. The average Bonchev–Trinajstić information content (AvgIpc) is 2.47. The van der Waals surface area contributed by atoms with E-state index in [1.165, 1.54) is 11.3 Å². The first kappa shape index (κ1) is 8.05. The molecule has 0 radical (unpaired) electrons. The van der Waals surface area contributed by atoms with E-state index in [2.05, 4.69) is 29.9 Å². The van der Waals surface area contributed by atoms with Crippen molar-refractivity contribution in [3.05, 3.63) is 41.7 Å². The third kappa shape index (κ3) is 1.47. The van der Waals surface area contributed by atoms with E-state index in [0.29, 0.717) is 0 Å². The molecular weight excluding hydrogens is 160 g/mol. The highest BCUT2D eigenvalue weighted by Gasteiger charge is 2.04. The maximum absolute atomic E-state index is 4.29. The number of aromatic amines is 1. The summed E-state index contributed by atoms with van der Waals surface area (Å²) in [5.41, 5.74) is 4.56. The molecule has 0 spiro atoms. The second-order valence-electron chi connectivity index (χ2n) is 3.23. The van der Waals surface area contributed by atoms with Crippen LogP contribution in [0.5, 0.6) is 0 Å². The summed E-state index contributed by atoms with van der Waals surface area (Å²) >= 11 is 0. The number of aromatic nitrogens is 2. The van der Waals surface area contributed by atoms with Crippen LogP contribution in [0, 0.1) is 13.8 Å². The standard InChI is InChI=1S/C11H12N2/c1-8-7-9(2)13-11(8)10-5-3-4-6-12-10/h3-7,13H,1-2H3. The van der Waals surface area contributed by atoms with Crippen LogP contribution in [0.15, 0.2) is 30.5 Å².